The predicted octanol–water partition coefficient (Wildman–Crippen LogP) is 4.03. The maximum atomic E-state index is 14.2. The molecule has 1 spiro atoms. The minimum atomic E-state index is -0.660. The van der Waals surface area contributed by atoms with Crippen molar-refractivity contribution >= 4 is 35.0 Å². The molecule has 1 N–H and O–H groups in total. The zero-order valence-electron chi connectivity index (χ0n) is 23.8. The Hall–Kier alpha value is -3.47. The van der Waals surface area contributed by atoms with Crippen LogP contribution in [0.1, 0.15) is 34.9 Å². The number of piperidine rings is 1. The van der Waals surface area contributed by atoms with E-state index in [0.29, 0.717) is 39.1 Å². The fourth-order valence-electron chi connectivity index (χ4n) is 7.28. The van der Waals surface area contributed by atoms with E-state index in [9.17, 15) is 9.18 Å². The number of amides is 1. The maximum Gasteiger partial charge on any atom is 0.250 e. The molecule has 4 aromatic rings. The van der Waals surface area contributed by atoms with Crippen LogP contribution in [0.3, 0.4) is 0 Å². The topological polar surface area (TPSA) is 69.5 Å². The molecule has 7 rings (SSSR count). The molecule has 218 valence electrons. The Labute approximate surface area is 250 Å². The molecule has 2 atom stereocenters. The Bertz CT molecular complexity index is 1590. The molecular weight excluding hydrogens is 549 g/mol. The van der Waals surface area contributed by atoms with Crippen LogP contribution in [0.5, 0.6) is 0 Å². The van der Waals surface area contributed by atoms with Crippen molar-refractivity contribution in [3.05, 3.63) is 89.5 Å². The van der Waals surface area contributed by atoms with E-state index in [2.05, 4.69) is 61.8 Å². The van der Waals surface area contributed by atoms with Gasteiger partial charge in [-0.25, -0.2) is 4.39 Å². The first-order chi connectivity index (χ1) is 20.5. The standard InChI is InChI=1S/C32H36FN7OS/c1-34-19-25-20-39(36-35-25)17-16-38-21-40(26-10-8-24(33)9-11-26)32(31(38)41)12-14-37(15-13-32)28-18-23-6-2-4-22-5-3-7-27(29(22)23)30(28)42/h2-11,20,28,30,34,42H,12-19,21H2,1H3/t28-,30?/m0/s1. The molecule has 1 amide bonds. The predicted molar refractivity (Wildman–Crippen MR) is 165 cm³/mol. The zero-order chi connectivity index (χ0) is 28.8. The van der Waals surface area contributed by atoms with Gasteiger partial charge in [0.2, 0.25) is 5.91 Å². The number of likely N-dealkylation sites (tertiary alicyclic amines) is 1. The van der Waals surface area contributed by atoms with Crippen molar-refractivity contribution in [2.24, 2.45) is 0 Å². The first kappa shape index (κ1) is 27.4. The molecule has 42 heavy (non-hydrogen) atoms. The van der Waals surface area contributed by atoms with Gasteiger partial charge in [0, 0.05) is 49.4 Å². The van der Waals surface area contributed by atoms with Crippen molar-refractivity contribution in [1.82, 2.24) is 30.1 Å². The van der Waals surface area contributed by atoms with E-state index in [1.165, 1.54) is 34.0 Å². The summed E-state index contributed by atoms with van der Waals surface area (Å²) in [5.74, 6) is -0.135. The normalized spacial score (nSPS) is 22.0. The first-order valence-electron chi connectivity index (χ1n) is 14.8. The molecule has 3 aliphatic rings. The van der Waals surface area contributed by atoms with E-state index < -0.39 is 5.54 Å². The third-order valence-electron chi connectivity index (χ3n) is 9.43. The smallest absolute Gasteiger partial charge is 0.250 e. The van der Waals surface area contributed by atoms with Crippen molar-refractivity contribution in [1.29, 1.82) is 0 Å². The number of thiol groups is 1. The number of hydrogen-bond acceptors (Lipinski definition) is 7. The van der Waals surface area contributed by atoms with Crippen LogP contribution < -0.4 is 10.2 Å². The number of aromatic nitrogens is 3. The molecule has 1 aromatic heterocycles. The van der Waals surface area contributed by atoms with Crippen LogP contribution >= 0.6 is 12.6 Å². The number of carbonyl (C=O) groups excluding carboxylic acids is 1. The Kier molecular flexibility index (Phi) is 7.16. The number of hydrogen-bond donors (Lipinski definition) is 2. The average molecular weight is 586 g/mol. The lowest BCUT2D eigenvalue weighted by molar-refractivity contribution is -0.134. The summed E-state index contributed by atoms with van der Waals surface area (Å²) < 4.78 is 15.7. The largest absolute Gasteiger partial charge is 0.339 e. The van der Waals surface area contributed by atoms with Crippen LogP contribution in [0, 0.1) is 5.82 Å². The highest BCUT2D eigenvalue weighted by atomic mass is 32.1. The molecule has 1 unspecified atom stereocenters. The highest BCUT2D eigenvalue weighted by molar-refractivity contribution is 7.80. The van der Waals surface area contributed by atoms with Gasteiger partial charge in [0.05, 0.1) is 18.9 Å². The van der Waals surface area contributed by atoms with Gasteiger partial charge in [-0.15, -0.1) is 5.10 Å². The Balaban J connectivity index is 1.11. The summed E-state index contributed by atoms with van der Waals surface area (Å²) in [6.45, 7) is 3.82. The summed E-state index contributed by atoms with van der Waals surface area (Å²) in [6.07, 6.45) is 4.28. The van der Waals surface area contributed by atoms with Gasteiger partial charge in [-0.3, -0.25) is 14.4 Å². The minimum absolute atomic E-state index is 0.108. The summed E-state index contributed by atoms with van der Waals surface area (Å²) in [5.41, 5.74) is 3.76. The number of benzene rings is 3. The van der Waals surface area contributed by atoms with Crippen LogP contribution in [0.2, 0.25) is 0 Å². The second-order valence-electron chi connectivity index (χ2n) is 11.8. The number of anilines is 1. The first-order valence-corrected chi connectivity index (χ1v) is 15.3. The Morgan fingerprint density at radius 3 is 2.57 bits per heavy atom. The van der Waals surface area contributed by atoms with Crippen LogP contribution in [-0.4, -0.2) is 75.6 Å². The Morgan fingerprint density at radius 2 is 1.81 bits per heavy atom. The van der Waals surface area contributed by atoms with Gasteiger partial charge in [-0.05, 0) is 72.5 Å². The number of halogens is 1. The summed E-state index contributed by atoms with van der Waals surface area (Å²) >= 11 is 5.16. The molecule has 2 aliphatic heterocycles. The molecule has 0 radical (unpaired) electrons. The summed E-state index contributed by atoms with van der Waals surface area (Å²) in [7, 11) is 1.88. The molecular formula is C32H36FN7OS. The van der Waals surface area contributed by atoms with Crippen molar-refractivity contribution in [2.45, 2.75) is 49.2 Å². The second-order valence-corrected chi connectivity index (χ2v) is 12.3. The lowest BCUT2D eigenvalue weighted by Crippen LogP contribution is -2.58. The van der Waals surface area contributed by atoms with Crippen LogP contribution in [0.4, 0.5) is 10.1 Å². The fourth-order valence-corrected chi connectivity index (χ4v) is 7.79. The maximum absolute atomic E-state index is 14.2. The van der Waals surface area contributed by atoms with Gasteiger partial charge in [0.25, 0.3) is 0 Å². The van der Waals surface area contributed by atoms with Gasteiger partial charge in [0.1, 0.15) is 11.4 Å². The van der Waals surface area contributed by atoms with Crippen molar-refractivity contribution < 1.29 is 9.18 Å². The van der Waals surface area contributed by atoms with E-state index in [1.54, 1.807) is 16.8 Å². The van der Waals surface area contributed by atoms with Gasteiger partial charge >= 0.3 is 0 Å². The van der Waals surface area contributed by atoms with Crippen LogP contribution in [0.15, 0.2) is 66.9 Å². The monoisotopic (exact) mass is 585 g/mol. The number of carbonyl (C=O) groups is 1. The van der Waals surface area contributed by atoms with Crippen molar-refractivity contribution in [2.75, 3.05) is 38.3 Å². The number of rotatable bonds is 7. The minimum Gasteiger partial charge on any atom is -0.339 e. The van der Waals surface area contributed by atoms with Crippen LogP contribution in [0.25, 0.3) is 10.8 Å². The molecule has 0 bridgehead atoms. The van der Waals surface area contributed by atoms with E-state index in [1.807, 2.05) is 18.1 Å². The van der Waals surface area contributed by atoms with E-state index in [0.717, 1.165) is 30.9 Å². The molecule has 3 aromatic carbocycles. The fraction of sp³-hybridized carbons (Fsp3) is 0.406. The van der Waals surface area contributed by atoms with E-state index >= 15 is 0 Å². The van der Waals surface area contributed by atoms with Gasteiger partial charge in [-0.2, -0.15) is 12.6 Å². The average Bonchev–Trinajstić information content (AvgIpc) is 3.57. The van der Waals surface area contributed by atoms with E-state index in [4.69, 9.17) is 12.6 Å². The lowest BCUT2D eigenvalue weighted by Gasteiger charge is -2.47. The molecule has 10 heteroatoms. The van der Waals surface area contributed by atoms with Gasteiger partial charge in [0.15, 0.2) is 0 Å². The Morgan fingerprint density at radius 1 is 1.05 bits per heavy atom. The number of nitrogens with zero attached hydrogens (tertiary/aromatic N) is 6. The molecule has 8 nitrogen and oxygen atoms in total. The highest BCUT2D eigenvalue weighted by Gasteiger charge is 2.54. The van der Waals surface area contributed by atoms with Gasteiger partial charge in [-0.1, -0.05) is 41.6 Å². The highest BCUT2D eigenvalue weighted by Crippen LogP contribution is 2.44. The SMILES string of the molecule is CNCc1cn(CCN2CN(c3ccc(F)cc3)C3(CCN([C@H]4Cc5cccc6cccc(c56)C4S)CC3)C2=O)nn1. The third-order valence-corrected chi connectivity index (χ3v) is 10.0. The molecule has 2 saturated heterocycles. The lowest BCUT2D eigenvalue weighted by atomic mass is 9.81. The zero-order valence-corrected chi connectivity index (χ0v) is 24.7. The third kappa shape index (κ3) is 4.66. The molecule has 2 fully saturated rings. The number of nitrogens with one attached hydrogen (secondary N) is 1. The summed E-state index contributed by atoms with van der Waals surface area (Å²) in [4.78, 5) is 20.9. The summed E-state index contributed by atoms with van der Waals surface area (Å²) in [6, 6.07) is 19.9. The van der Waals surface area contributed by atoms with Crippen molar-refractivity contribution in [3.63, 3.8) is 0 Å². The summed E-state index contributed by atoms with van der Waals surface area (Å²) in [5, 5.41) is 14.2. The molecule has 0 saturated carbocycles. The van der Waals surface area contributed by atoms with Crippen LogP contribution in [-0.2, 0) is 24.3 Å². The van der Waals surface area contributed by atoms with E-state index in [-0.39, 0.29) is 23.0 Å². The quantitative estimate of drug-likeness (QED) is 0.320. The second kappa shape index (κ2) is 11.0. The molecule has 3 heterocycles. The van der Waals surface area contributed by atoms with Gasteiger partial charge < -0.3 is 15.1 Å². The van der Waals surface area contributed by atoms with Crippen molar-refractivity contribution in [3.8, 4) is 0 Å². The molecule has 1 aliphatic carbocycles.